The lowest BCUT2D eigenvalue weighted by atomic mass is 10.2. The predicted octanol–water partition coefficient (Wildman–Crippen LogP) is 2.81. The molecule has 0 spiro atoms. The summed E-state index contributed by atoms with van der Waals surface area (Å²) < 4.78 is 30.3. The Morgan fingerprint density at radius 3 is 2.58 bits per heavy atom. The van der Waals surface area contributed by atoms with E-state index in [-0.39, 0.29) is 5.91 Å². The molecule has 8 heteroatoms. The van der Waals surface area contributed by atoms with Gasteiger partial charge in [0.2, 0.25) is 10.0 Å². The highest BCUT2D eigenvalue weighted by Crippen LogP contribution is 2.27. The van der Waals surface area contributed by atoms with Gasteiger partial charge >= 0.3 is 0 Å². The molecule has 1 aliphatic rings. The summed E-state index contributed by atoms with van der Waals surface area (Å²) in [5.74, 6) is 0.392. The van der Waals surface area contributed by atoms with Crippen LogP contribution in [0.15, 0.2) is 48.5 Å². The van der Waals surface area contributed by atoms with Crippen molar-refractivity contribution in [2.45, 2.75) is 32.3 Å². The molecule has 2 aromatic rings. The van der Waals surface area contributed by atoms with Crippen molar-refractivity contribution in [1.82, 2.24) is 5.32 Å². The van der Waals surface area contributed by atoms with Gasteiger partial charge in [-0.2, -0.15) is 0 Å². The average molecular weight is 446 g/mol. The minimum atomic E-state index is -3.32. The van der Waals surface area contributed by atoms with E-state index in [1.807, 2.05) is 6.92 Å². The third-order valence-electron chi connectivity index (χ3n) is 5.53. The number of anilines is 2. The summed E-state index contributed by atoms with van der Waals surface area (Å²) in [6, 6.07) is 15.1. The Balaban J connectivity index is 1.46. The van der Waals surface area contributed by atoms with Crippen molar-refractivity contribution in [2.75, 3.05) is 42.1 Å². The van der Waals surface area contributed by atoms with E-state index in [4.69, 9.17) is 4.74 Å². The standard InChI is InChI=1S/C23H31N3O4S/c1-4-22(30-20-12-10-19(11-13-20)25(2)31(3,28)29)23(27)24-15-7-16-26-17-14-18-8-5-6-9-21(18)26/h5-6,8-13,22H,4,7,14-17H2,1-3H3,(H,24,27)/t22-/m1/s1. The average Bonchev–Trinajstić information content (AvgIpc) is 3.17. The molecule has 31 heavy (non-hydrogen) atoms. The van der Waals surface area contributed by atoms with E-state index < -0.39 is 16.1 Å². The number of nitrogens with zero attached hydrogens (tertiary/aromatic N) is 2. The Bertz CT molecular complexity index is 992. The molecule has 0 saturated carbocycles. The van der Waals surface area contributed by atoms with E-state index >= 15 is 0 Å². The summed E-state index contributed by atoms with van der Waals surface area (Å²) in [7, 11) is -1.83. The molecule has 0 radical (unpaired) electrons. The highest BCUT2D eigenvalue weighted by molar-refractivity contribution is 7.92. The predicted molar refractivity (Wildman–Crippen MR) is 124 cm³/mol. The Morgan fingerprint density at radius 2 is 1.90 bits per heavy atom. The van der Waals surface area contributed by atoms with Crippen LogP contribution in [-0.4, -0.2) is 53.4 Å². The maximum atomic E-state index is 12.5. The van der Waals surface area contributed by atoms with Crippen LogP contribution in [0, 0.1) is 0 Å². The first-order valence-corrected chi connectivity index (χ1v) is 12.5. The second-order valence-corrected chi connectivity index (χ2v) is 9.76. The zero-order chi connectivity index (χ0) is 22.4. The van der Waals surface area contributed by atoms with Crippen LogP contribution in [0.2, 0.25) is 0 Å². The zero-order valence-corrected chi connectivity index (χ0v) is 19.2. The topological polar surface area (TPSA) is 78.9 Å². The quantitative estimate of drug-likeness (QED) is 0.569. The van der Waals surface area contributed by atoms with Gasteiger partial charge in [0.05, 0.1) is 11.9 Å². The first-order chi connectivity index (χ1) is 14.8. The SMILES string of the molecule is CC[C@@H](Oc1ccc(N(C)S(C)(=O)=O)cc1)C(=O)NCCCN1CCc2ccccc21. The summed E-state index contributed by atoms with van der Waals surface area (Å²) in [4.78, 5) is 14.9. The van der Waals surface area contributed by atoms with Gasteiger partial charge < -0.3 is 15.0 Å². The van der Waals surface area contributed by atoms with Gasteiger partial charge in [0, 0.05) is 32.4 Å². The summed E-state index contributed by atoms with van der Waals surface area (Å²) in [5.41, 5.74) is 3.23. The molecular formula is C23H31N3O4S. The number of fused-ring (bicyclic) bond motifs is 1. The largest absolute Gasteiger partial charge is 0.481 e. The van der Waals surface area contributed by atoms with Gasteiger partial charge in [0.1, 0.15) is 5.75 Å². The normalized spacial score (nSPS) is 14.1. The minimum absolute atomic E-state index is 0.137. The summed E-state index contributed by atoms with van der Waals surface area (Å²) in [6.07, 6.45) is 3.04. The van der Waals surface area contributed by atoms with E-state index in [0.717, 1.165) is 32.2 Å². The summed E-state index contributed by atoms with van der Waals surface area (Å²) >= 11 is 0. The number of nitrogens with one attached hydrogen (secondary N) is 1. The third-order valence-corrected chi connectivity index (χ3v) is 6.73. The zero-order valence-electron chi connectivity index (χ0n) is 18.4. The van der Waals surface area contributed by atoms with E-state index in [0.29, 0.717) is 24.4 Å². The van der Waals surface area contributed by atoms with Gasteiger partial charge in [-0.15, -0.1) is 0 Å². The number of rotatable bonds is 10. The molecule has 0 unspecified atom stereocenters. The minimum Gasteiger partial charge on any atom is -0.481 e. The fourth-order valence-electron chi connectivity index (χ4n) is 3.65. The number of amides is 1. The smallest absolute Gasteiger partial charge is 0.261 e. The van der Waals surface area contributed by atoms with Crippen LogP contribution in [0.5, 0.6) is 5.75 Å². The molecule has 0 aromatic heterocycles. The van der Waals surface area contributed by atoms with Crippen molar-refractivity contribution in [3.8, 4) is 5.75 Å². The number of carbonyl (C=O) groups excluding carboxylic acids is 1. The first kappa shape index (κ1) is 22.9. The molecule has 0 bridgehead atoms. The number of hydrogen-bond donors (Lipinski definition) is 1. The van der Waals surface area contributed by atoms with Crippen molar-refractivity contribution in [1.29, 1.82) is 0 Å². The Morgan fingerprint density at radius 1 is 1.19 bits per heavy atom. The molecule has 1 atom stereocenters. The van der Waals surface area contributed by atoms with Crippen LogP contribution in [0.4, 0.5) is 11.4 Å². The van der Waals surface area contributed by atoms with Crippen LogP contribution in [-0.2, 0) is 21.2 Å². The summed E-state index contributed by atoms with van der Waals surface area (Å²) in [6.45, 7) is 4.43. The summed E-state index contributed by atoms with van der Waals surface area (Å²) in [5, 5.41) is 2.97. The van der Waals surface area contributed by atoms with E-state index in [1.54, 1.807) is 24.3 Å². The lowest BCUT2D eigenvalue weighted by Crippen LogP contribution is -2.39. The Hall–Kier alpha value is -2.74. The number of sulfonamides is 1. The van der Waals surface area contributed by atoms with Crippen molar-refractivity contribution in [3.05, 3.63) is 54.1 Å². The van der Waals surface area contributed by atoms with Crippen LogP contribution in [0.1, 0.15) is 25.3 Å². The van der Waals surface area contributed by atoms with Crippen molar-refractivity contribution < 1.29 is 17.9 Å². The van der Waals surface area contributed by atoms with Crippen LogP contribution >= 0.6 is 0 Å². The number of carbonyl (C=O) groups is 1. The lowest BCUT2D eigenvalue weighted by Gasteiger charge is -2.21. The molecule has 3 rings (SSSR count). The van der Waals surface area contributed by atoms with Gasteiger partial charge in [0.15, 0.2) is 6.10 Å². The van der Waals surface area contributed by atoms with Crippen LogP contribution < -0.4 is 19.3 Å². The van der Waals surface area contributed by atoms with Gasteiger partial charge in [-0.1, -0.05) is 25.1 Å². The van der Waals surface area contributed by atoms with Crippen LogP contribution in [0.3, 0.4) is 0 Å². The molecular weight excluding hydrogens is 414 g/mol. The monoisotopic (exact) mass is 445 g/mol. The second-order valence-electron chi connectivity index (χ2n) is 7.75. The third kappa shape index (κ3) is 5.91. The van der Waals surface area contributed by atoms with Gasteiger partial charge in [-0.25, -0.2) is 8.42 Å². The fraction of sp³-hybridized carbons (Fsp3) is 0.435. The molecule has 168 valence electrons. The molecule has 0 aliphatic carbocycles. The van der Waals surface area contributed by atoms with Gasteiger partial charge in [0.25, 0.3) is 5.91 Å². The molecule has 1 heterocycles. The van der Waals surface area contributed by atoms with E-state index in [1.165, 1.54) is 22.6 Å². The maximum absolute atomic E-state index is 12.5. The van der Waals surface area contributed by atoms with Crippen molar-refractivity contribution >= 4 is 27.3 Å². The molecule has 7 nitrogen and oxygen atoms in total. The molecule has 2 aromatic carbocycles. The maximum Gasteiger partial charge on any atom is 0.261 e. The fourth-order valence-corrected chi connectivity index (χ4v) is 4.15. The first-order valence-electron chi connectivity index (χ1n) is 10.6. The van der Waals surface area contributed by atoms with Gasteiger partial charge in [-0.05, 0) is 55.2 Å². The molecule has 1 N–H and O–H groups in total. The molecule has 0 saturated heterocycles. The number of benzene rings is 2. The molecule has 1 aliphatic heterocycles. The van der Waals surface area contributed by atoms with E-state index in [2.05, 4.69) is 34.5 Å². The number of hydrogen-bond acceptors (Lipinski definition) is 5. The second kappa shape index (κ2) is 10.0. The highest BCUT2D eigenvalue weighted by Gasteiger charge is 2.20. The van der Waals surface area contributed by atoms with Crippen molar-refractivity contribution in [3.63, 3.8) is 0 Å². The van der Waals surface area contributed by atoms with Crippen LogP contribution in [0.25, 0.3) is 0 Å². The lowest BCUT2D eigenvalue weighted by molar-refractivity contribution is -0.128. The molecule has 0 fully saturated rings. The van der Waals surface area contributed by atoms with E-state index in [9.17, 15) is 13.2 Å². The Labute approximate surface area is 185 Å². The van der Waals surface area contributed by atoms with Gasteiger partial charge in [-0.3, -0.25) is 9.10 Å². The molecule has 1 amide bonds. The van der Waals surface area contributed by atoms with Crippen molar-refractivity contribution in [2.24, 2.45) is 0 Å². The number of ether oxygens (including phenoxy) is 1. The number of para-hydroxylation sites is 1. The Kier molecular flexibility index (Phi) is 7.43. The highest BCUT2D eigenvalue weighted by atomic mass is 32.2.